The maximum absolute atomic E-state index is 11.1. The van der Waals surface area contributed by atoms with Gasteiger partial charge in [0.25, 0.3) is 0 Å². The van der Waals surface area contributed by atoms with Gasteiger partial charge in [0.05, 0.1) is 5.35 Å². The topological polar surface area (TPSA) is 56.0 Å². The molecular weight excluding hydrogens is 176 g/mol. The second kappa shape index (κ2) is 4.56. The molecule has 0 atom stereocenters. The zero-order valence-corrected chi connectivity index (χ0v) is 8.45. The third kappa shape index (κ3) is 1.99. The van der Waals surface area contributed by atoms with Gasteiger partial charge in [-0.25, -0.2) is 0 Å². The molecular formula is C11H14N2O. The molecule has 0 aliphatic rings. The Kier molecular flexibility index (Phi) is 3.40. The van der Waals surface area contributed by atoms with Gasteiger partial charge >= 0.3 is 0 Å². The van der Waals surface area contributed by atoms with Crippen LogP contribution >= 0.6 is 0 Å². The number of nitrogens with two attached hydrogens (primary N) is 1. The van der Waals surface area contributed by atoms with Crippen LogP contribution in [0, 0.1) is 0 Å². The van der Waals surface area contributed by atoms with Crippen molar-refractivity contribution in [1.29, 1.82) is 0 Å². The van der Waals surface area contributed by atoms with Gasteiger partial charge in [-0.15, -0.1) is 0 Å². The third-order valence-corrected chi connectivity index (χ3v) is 2.09. The van der Waals surface area contributed by atoms with E-state index in [1.165, 1.54) is 0 Å². The van der Waals surface area contributed by atoms with Crippen molar-refractivity contribution in [1.82, 2.24) is 4.98 Å². The minimum absolute atomic E-state index is 0.372. The number of amides is 1. The Bertz CT molecular complexity index is 449. The first-order valence-corrected chi connectivity index (χ1v) is 4.61. The zero-order valence-electron chi connectivity index (χ0n) is 8.45. The Morgan fingerprint density at radius 2 is 2.36 bits per heavy atom. The van der Waals surface area contributed by atoms with E-state index in [2.05, 4.69) is 4.98 Å². The molecule has 1 heterocycles. The van der Waals surface area contributed by atoms with Crippen LogP contribution in [0.2, 0.25) is 0 Å². The van der Waals surface area contributed by atoms with Gasteiger partial charge in [0, 0.05) is 17.0 Å². The van der Waals surface area contributed by atoms with E-state index in [1.54, 1.807) is 12.3 Å². The minimum atomic E-state index is -0.372. The average Bonchev–Trinajstić information content (AvgIpc) is 2.19. The number of nitrogens with zero attached hydrogens (tertiary/aromatic N) is 1. The Balaban J connectivity index is 3.65. The van der Waals surface area contributed by atoms with Crippen molar-refractivity contribution in [2.45, 2.75) is 20.3 Å². The van der Waals surface area contributed by atoms with Crippen molar-refractivity contribution in [2.24, 2.45) is 5.73 Å². The van der Waals surface area contributed by atoms with E-state index < -0.39 is 0 Å². The van der Waals surface area contributed by atoms with Crippen LogP contribution in [-0.2, 0) is 4.79 Å². The highest BCUT2D eigenvalue weighted by molar-refractivity contribution is 6.12. The van der Waals surface area contributed by atoms with E-state index in [0.717, 1.165) is 10.6 Å². The van der Waals surface area contributed by atoms with Crippen molar-refractivity contribution in [3.8, 4) is 0 Å². The molecule has 0 aromatic carbocycles. The number of carbonyl (C=O) groups is 1. The predicted octanol–water partition coefficient (Wildman–Crippen LogP) is -0.0720. The van der Waals surface area contributed by atoms with Crippen molar-refractivity contribution >= 4 is 17.6 Å². The molecule has 1 amide bonds. The molecule has 0 saturated carbocycles. The Labute approximate surface area is 83.0 Å². The van der Waals surface area contributed by atoms with Gasteiger partial charge in [0.15, 0.2) is 0 Å². The number of carbonyl (C=O) groups excluding carboxylic acids is 1. The lowest BCUT2D eigenvalue weighted by Gasteiger charge is -1.98. The van der Waals surface area contributed by atoms with E-state index in [1.807, 2.05) is 26.0 Å². The van der Waals surface area contributed by atoms with Crippen LogP contribution in [-0.4, -0.2) is 10.9 Å². The molecule has 1 aromatic rings. The van der Waals surface area contributed by atoms with Gasteiger partial charge in [-0.1, -0.05) is 19.1 Å². The molecule has 0 saturated heterocycles. The van der Waals surface area contributed by atoms with Crippen LogP contribution < -0.4 is 16.3 Å². The first-order valence-electron chi connectivity index (χ1n) is 4.61. The fourth-order valence-corrected chi connectivity index (χ4v) is 1.40. The van der Waals surface area contributed by atoms with E-state index in [0.29, 0.717) is 12.0 Å². The molecule has 0 bridgehead atoms. The van der Waals surface area contributed by atoms with E-state index >= 15 is 0 Å². The Morgan fingerprint density at radius 1 is 1.64 bits per heavy atom. The molecule has 14 heavy (non-hydrogen) atoms. The molecule has 0 aliphatic heterocycles. The second-order valence-corrected chi connectivity index (χ2v) is 2.92. The normalized spacial score (nSPS) is 14.0. The van der Waals surface area contributed by atoms with Crippen LogP contribution in [0.25, 0.3) is 11.6 Å². The number of rotatable bonds is 2. The van der Waals surface area contributed by atoms with Gasteiger partial charge in [-0.2, -0.15) is 0 Å². The molecule has 1 aromatic heterocycles. The average molecular weight is 190 g/mol. The smallest absolute Gasteiger partial charge is 0.245 e. The van der Waals surface area contributed by atoms with Crippen LogP contribution in [0.3, 0.4) is 0 Å². The molecule has 2 N–H and O–H groups in total. The summed E-state index contributed by atoms with van der Waals surface area (Å²) < 4.78 is 0. The first-order chi connectivity index (χ1) is 6.70. The lowest BCUT2D eigenvalue weighted by Crippen LogP contribution is -2.33. The molecule has 0 spiro atoms. The molecule has 3 nitrogen and oxygen atoms in total. The summed E-state index contributed by atoms with van der Waals surface area (Å²) in [5.41, 5.74) is 5.92. The number of aromatic nitrogens is 1. The van der Waals surface area contributed by atoms with E-state index in [-0.39, 0.29) is 5.91 Å². The van der Waals surface area contributed by atoms with E-state index in [9.17, 15) is 4.79 Å². The fourth-order valence-electron chi connectivity index (χ4n) is 1.40. The van der Waals surface area contributed by atoms with Crippen molar-refractivity contribution in [3.05, 3.63) is 28.9 Å². The quantitative estimate of drug-likeness (QED) is 0.709. The van der Waals surface area contributed by atoms with Gasteiger partial charge in [-0.05, 0) is 19.4 Å². The summed E-state index contributed by atoms with van der Waals surface area (Å²) in [6.07, 6.45) is 4.20. The number of primary amides is 1. The van der Waals surface area contributed by atoms with Crippen LogP contribution in [0.4, 0.5) is 0 Å². The highest BCUT2D eigenvalue weighted by atomic mass is 16.1. The Hall–Kier alpha value is -1.64. The standard InChI is InChI=1S/C11H14N2O/c1-3-8(11(12)14)9-6-5-7-13-10(9)4-2/h4-7H,3H2,1-2H3,(H2,12,14)/b9-8+,10-4+. The van der Waals surface area contributed by atoms with Crippen LogP contribution in [0.1, 0.15) is 20.3 Å². The molecule has 0 radical (unpaired) electrons. The number of pyridine rings is 1. The summed E-state index contributed by atoms with van der Waals surface area (Å²) in [5, 5.41) is 1.65. The van der Waals surface area contributed by atoms with Crippen LogP contribution in [0.15, 0.2) is 18.3 Å². The molecule has 0 aliphatic carbocycles. The second-order valence-electron chi connectivity index (χ2n) is 2.92. The lowest BCUT2D eigenvalue weighted by atomic mass is 10.1. The van der Waals surface area contributed by atoms with Crippen molar-refractivity contribution in [3.63, 3.8) is 0 Å². The SMILES string of the molecule is C/C=c1/nccc/c1=C(/CC)C(N)=O. The summed E-state index contributed by atoms with van der Waals surface area (Å²) in [6, 6.07) is 3.67. The van der Waals surface area contributed by atoms with Gasteiger partial charge in [0.1, 0.15) is 0 Å². The minimum Gasteiger partial charge on any atom is -0.366 e. The van der Waals surface area contributed by atoms with Crippen molar-refractivity contribution < 1.29 is 4.79 Å². The maximum Gasteiger partial charge on any atom is 0.245 e. The first kappa shape index (κ1) is 10.4. The van der Waals surface area contributed by atoms with Crippen molar-refractivity contribution in [2.75, 3.05) is 0 Å². The molecule has 0 fully saturated rings. The lowest BCUT2D eigenvalue weighted by molar-refractivity contribution is -0.113. The Morgan fingerprint density at radius 3 is 2.86 bits per heavy atom. The van der Waals surface area contributed by atoms with Gasteiger partial charge in [-0.3, -0.25) is 9.78 Å². The zero-order chi connectivity index (χ0) is 10.6. The summed E-state index contributed by atoms with van der Waals surface area (Å²) in [4.78, 5) is 15.3. The summed E-state index contributed by atoms with van der Waals surface area (Å²) >= 11 is 0. The maximum atomic E-state index is 11.1. The fraction of sp³-hybridized carbons (Fsp3) is 0.273. The highest BCUT2D eigenvalue weighted by Gasteiger charge is 2.03. The molecule has 1 rings (SSSR count). The molecule has 74 valence electrons. The largest absolute Gasteiger partial charge is 0.366 e. The third-order valence-electron chi connectivity index (χ3n) is 2.09. The van der Waals surface area contributed by atoms with Crippen LogP contribution in [0.5, 0.6) is 0 Å². The summed E-state index contributed by atoms with van der Waals surface area (Å²) in [7, 11) is 0. The molecule has 0 unspecified atom stereocenters. The van der Waals surface area contributed by atoms with Gasteiger partial charge < -0.3 is 5.73 Å². The monoisotopic (exact) mass is 190 g/mol. The summed E-state index contributed by atoms with van der Waals surface area (Å²) in [5.74, 6) is -0.372. The van der Waals surface area contributed by atoms with E-state index in [4.69, 9.17) is 5.73 Å². The summed E-state index contributed by atoms with van der Waals surface area (Å²) in [6.45, 7) is 3.80. The van der Waals surface area contributed by atoms with Gasteiger partial charge in [0.2, 0.25) is 5.91 Å². The highest BCUT2D eigenvalue weighted by Crippen LogP contribution is 1.95. The number of hydrogen-bond donors (Lipinski definition) is 1. The number of hydrogen-bond acceptors (Lipinski definition) is 2. The predicted molar refractivity (Wildman–Crippen MR) is 56.5 cm³/mol. The molecule has 3 heteroatoms.